The average molecular weight is 749 g/mol. The number of hydrogen-bond donors (Lipinski definition) is 0. The Kier molecular flexibility index (Phi) is 13.1. The molecule has 55 heavy (non-hydrogen) atoms. The zero-order chi connectivity index (χ0) is 38.6. The topological polar surface area (TPSA) is 142 Å². The summed E-state index contributed by atoms with van der Waals surface area (Å²) in [6.07, 6.45) is 3.08. The molecule has 0 spiro atoms. The van der Waals surface area contributed by atoms with Crippen LogP contribution in [0.25, 0.3) is 17.2 Å². The van der Waals surface area contributed by atoms with Crippen LogP contribution < -0.4 is 14.2 Å². The van der Waals surface area contributed by atoms with E-state index in [1.165, 1.54) is 37.5 Å². The Morgan fingerprint density at radius 3 is 1.82 bits per heavy atom. The van der Waals surface area contributed by atoms with Crippen molar-refractivity contribution in [3.05, 3.63) is 132 Å². The lowest BCUT2D eigenvalue weighted by Crippen LogP contribution is -2.35. The van der Waals surface area contributed by atoms with E-state index in [-0.39, 0.29) is 24.5 Å². The minimum Gasteiger partial charge on any atom is -0.497 e. The maximum Gasteiger partial charge on any atom is 0.343 e. The highest BCUT2D eigenvalue weighted by atomic mass is 16.7. The molecule has 0 saturated carbocycles. The maximum absolute atomic E-state index is 12.9. The van der Waals surface area contributed by atoms with Crippen molar-refractivity contribution in [2.45, 2.75) is 37.3 Å². The zero-order valence-corrected chi connectivity index (χ0v) is 30.1. The van der Waals surface area contributed by atoms with E-state index >= 15 is 0 Å². The molecule has 0 radical (unpaired) electrons. The molecular formula is C43H40O12. The standard InChI is InChI=1S/C43H40O12/c1-3-38(44)50-25-5-4-24-49-34-19-11-30(12-20-34)29-9-6-28(7-10-29)8-23-39(45)54-36-26-51-41-37(27-52-40(36)41)55-43(47)32-15-21-35(22-16-32)53-42(46)31-13-17-33(48-2)18-14-31/h3,6-23,36-37,40-41H,1,4-5,24-27H2,2H3/t36-,37+,40+,41+/m0/s1. The number of hydrogen-bond acceptors (Lipinski definition) is 12. The Bertz CT molecular complexity index is 1970. The van der Waals surface area contributed by atoms with Crippen molar-refractivity contribution in [2.75, 3.05) is 33.5 Å². The lowest BCUT2D eigenvalue weighted by Gasteiger charge is -2.17. The molecule has 0 aromatic heterocycles. The maximum atomic E-state index is 12.9. The third-order valence-electron chi connectivity index (χ3n) is 8.84. The Labute approximate surface area is 318 Å². The van der Waals surface area contributed by atoms with E-state index in [1.54, 1.807) is 30.3 Å². The molecule has 2 saturated heterocycles. The average Bonchev–Trinajstić information content (AvgIpc) is 3.81. The third-order valence-corrected chi connectivity index (χ3v) is 8.84. The molecule has 0 unspecified atom stereocenters. The lowest BCUT2D eigenvalue weighted by molar-refractivity contribution is -0.147. The van der Waals surface area contributed by atoms with Gasteiger partial charge in [0.25, 0.3) is 0 Å². The van der Waals surface area contributed by atoms with Crippen molar-refractivity contribution < 1.29 is 57.1 Å². The number of carbonyl (C=O) groups is 4. The van der Waals surface area contributed by atoms with Gasteiger partial charge in [0.2, 0.25) is 0 Å². The van der Waals surface area contributed by atoms with Crippen molar-refractivity contribution in [1.82, 2.24) is 0 Å². The highest BCUT2D eigenvalue weighted by Gasteiger charge is 2.51. The number of ether oxygens (including phenoxy) is 8. The lowest BCUT2D eigenvalue weighted by atomic mass is 10.0. The molecular weight excluding hydrogens is 708 g/mol. The Balaban J connectivity index is 0.917. The van der Waals surface area contributed by atoms with E-state index in [1.807, 2.05) is 48.5 Å². The summed E-state index contributed by atoms with van der Waals surface area (Å²) in [5.41, 5.74) is 3.43. The SMILES string of the molecule is C=CC(=O)OCCCCOc1ccc(-c2ccc(C=CC(=O)O[C@H]3CO[C@H]4[C@@H]3OC[C@H]4OC(=O)c3ccc(OC(=O)c4ccc(OC)cc4)cc3)cc2)cc1. The van der Waals surface area contributed by atoms with Crippen molar-refractivity contribution in [1.29, 1.82) is 0 Å². The number of methoxy groups -OCH3 is 1. The largest absolute Gasteiger partial charge is 0.497 e. The molecule has 6 rings (SSSR count). The Morgan fingerprint density at radius 1 is 0.655 bits per heavy atom. The quantitative estimate of drug-likeness (QED) is 0.0411. The summed E-state index contributed by atoms with van der Waals surface area (Å²) in [7, 11) is 1.54. The van der Waals surface area contributed by atoms with Crippen LogP contribution in [0.4, 0.5) is 0 Å². The van der Waals surface area contributed by atoms with Crippen LogP contribution in [0.3, 0.4) is 0 Å². The molecule has 284 valence electrons. The van der Waals surface area contributed by atoms with Crippen LogP contribution in [0.5, 0.6) is 17.2 Å². The molecule has 0 amide bonds. The summed E-state index contributed by atoms with van der Waals surface area (Å²) in [4.78, 5) is 49.2. The molecule has 2 aliphatic heterocycles. The van der Waals surface area contributed by atoms with Gasteiger partial charge in [0.15, 0.2) is 12.2 Å². The van der Waals surface area contributed by atoms with Crippen LogP contribution >= 0.6 is 0 Å². The van der Waals surface area contributed by atoms with Crippen molar-refractivity contribution >= 4 is 30.0 Å². The highest BCUT2D eigenvalue weighted by molar-refractivity contribution is 5.92. The van der Waals surface area contributed by atoms with Gasteiger partial charge in [0, 0.05) is 12.2 Å². The van der Waals surface area contributed by atoms with Crippen LogP contribution in [0, 0.1) is 0 Å². The fourth-order valence-corrected chi connectivity index (χ4v) is 5.90. The van der Waals surface area contributed by atoms with E-state index < -0.39 is 48.3 Å². The molecule has 4 atom stereocenters. The van der Waals surface area contributed by atoms with E-state index in [0.29, 0.717) is 30.9 Å². The van der Waals surface area contributed by atoms with Gasteiger partial charge in [-0.3, -0.25) is 0 Å². The number of rotatable bonds is 16. The summed E-state index contributed by atoms with van der Waals surface area (Å²) < 4.78 is 44.2. The van der Waals surface area contributed by atoms with Gasteiger partial charge >= 0.3 is 23.9 Å². The number of esters is 4. The van der Waals surface area contributed by atoms with Gasteiger partial charge < -0.3 is 37.9 Å². The van der Waals surface area contributed by atoms with Crippen LogP contribution in [0.1, 0.15) is 39.1 Å². The second-order valence-electron chi connectivity index (χ2n) is 12.6. The van der Waals surface area contributed by atoms with Gasteiger partial charge in [-0.25, -0.2) is 19.2 Å². The first-order valence-electron chi connectivity index (χ1n) is 17.7. The van der Waals surface area contributed by atoms with Crippen molar-refractivity contribution in [3.63, 3.8) is 0 Å². The number of unbranched alkanes of at least 4 members (excludes halogenated alkanes) is 1. The minimum atomic E-state index is -0.696. The van der Waals surface area contributed by atoms with Crippen LogP contribution in [0.15, 0.2) is 116 Å². The van der Waals surface area contributed by atoms with Crippen LogP contribution in [-0.2, 0) is 33.3 Å². The van der Waals surface area contributed by atoms with E-state index in [4.69, 9.17) is 37.9 Å². The van der Waals surface area contributed by atoms with E-state index in [2.05, 4.69) is 6.58 Å². The monoisotopic (exact) mass is 748 g/mol. The summed E-state index contributed by atoms with van der Waals surface area (Å²) in [5, 5.41) is 0. The number of fused-ring (bicyclic) bond motifs is 1. The number of benzene rings is 4. The highest BCUT2D eigenvalue weighted by Crippen LogP contribution is 2.31. The van der Waals surface area contributed by atoms with Crippen LogP contribution in [0.2, 0.25) is 0 Å². The molecule has 0 N–H and O–H groups in total. The first-order chi connectivity index (χ1) is 26.8. The van der Waals surface area contributed by atoms with Gasteiger partial charge in [-0.1, -0.05) is 43.0 Å². The summed E-state index contributed by atoms with van der Waals surface area (Å²) in [6.45, 7) is 4.40. The third kappa shape index (κ3) is 10.5. The summed E-state index contributed by atoms with van der Waals surface area (Å²) in [5.74, 6) is -0.491. The molecule has 4 aromatic carbocycles. The van der Waals surface area contributed by atoms with Crippen molar-refractivity contribution in [2.24, 2.45) is 0 Å². The van der Waals surface area contributed by atoms with Gasteiger partial charge in [-0.05, 0) is 96.3 Å². The molecule has 0 aliphatic carbocycles. The Hall–Kier alpha value is -6.24. The van der Waals surface area contributed by atoms with E-state index in [0.717, 1.165) is 34.9 Å². The van der Waals surface area contributed by atoms with Gasteiger partial charge in [0.1, 0.15) is 29.5 Å². The molecule has 12 nitrogen and oxygen atoms in total. The van der Waals surface area contributed by atoms with E-state index in [9.17, 15) is 19.2 Å². The normalized spacial score (nSPS) is 18.6. The van der Waals surface area contributed by atoms with Gasteiger partial charge in [-0.2, -0.15) is 0 Å². The first kappa shape index (κ1) is 38.5. The number of carbonyl (C=O) groups excluding carboxylic acids is 4. The second-order valence-corrected chi connectivity index (χ2v) is 12.6. The molecule has 2 fully saturated rings. The van der Waals surface area contributed by atoms with Crippen molar-refractivity contribution in [3.8, 4) is 28.4 Å². The molecule has 0 bridgehead atoms. The molecule has 2 heterocycles. The van der Waals surface area contributed by atoms with Gasteiger partial charge in [-0.15, -0.1) is 0 Å². The smallest absolute Gasteiger partial charge is 0.343 e. The Morgan fingerprint density at radius 2 is 1.20 bits per heavy atom. The minimum absolute atomic E-state index is 0.0845. The fourth-order valence-electron chi connectivity index (χ4n) is 5.90. The predicted molar refractivity (Wildman–Crippen MR) is 200 cm³/mol. The summed E-state index contributed by atoms with van der Waals surface area (Å²) >= 11 is 0. The van der Waals surface area contributed by atoms with Gasteiger partial charge in [0.05, 0.1) is 44.7 Å². The zero-order valence-electron chi connectivity index (χ0n) is 30.1. The predicted octanol–water partition coefficient (Wildman–Crippen LogP) is 6.42. The summed E-state index contributed by atoms with van der Waals surface area (Å²) in [6, 6.07) is 28.0. The fraction of sp³-hybridized carbons (Fsp3) is 0.256. The molecule has 12 heteroatoms. The molecule has 4 aromatic rings. The van der Waals surface area contributed by atoms with Crippen LogP contribution in [-0.4, -0.2) is 81.8 Å². The molecule has 2 aliphatic rings. The first-order valence-corrected chi connectivity index (χ1v) is 17.7. The second kappa shape index (κ2) is 18.7.